The Morgan fingerprint density at radius 3 is 2.52 bits per heavy atom. The zero-order valence-electron chi connectivity index (χ0n) is 13.0. The molecule has 2 aromatic rings. The standard InChI is InChI=1S/C19H24N2/c1-14-10-15(2)12-17(11-14)19(13-20)21-9-5-7-16-6-3-4-8-18(16)21/h3-4,6,8,10-12,19H,5,7,9,13,20H2,1-2H3. The van der Waals surface area contributed by atoms with Crippen molar-refractivity contribution in [2.75, 3.05) is 18.0 Å². The number of anilines is 1. The van der Waals surface area contributed by atoms with Crippen LogP contribution in [-0.4, -0.2) is 13.1 Å². The Morgan fingerprint density at radius 2 is 1.81 bits per heavy atom. The summed E-state index contributed by atoms with van der Waals surface area (Å²) in [6, 6.07) is 15.8. The van der Waals surface area contributed by atoms with Gasteiger partial charge in [0.15, 0.2) is 0 Å². The van der Waals surface area contributed by atoms with Crippen molar-refractivity contribution in [2.45, 2.75) is 32.7 Å². The number of fused-ring (bicyclic) bond motifs is 1. The molecule has 1 atom stereocenters. The van der Waals surface area contributed by atoms with Crippen LogP contribution in [0.3, 0.4) is 0 Å². The molecule has 0 bridgehead atoms. The zero-order chi connectivity index (χ0) is 14.8. The maximum Gasteiger partial charge on any atom is 0.0665 e. The van der Waals surface area contributed by atoms with Crippen molar-refractivity contribution < 1.29 is 0 Å². The lowest BCUT2D eigenvalue weighted by Crippen LogP contribution is -2.37. The molecule has 21 heavy (non-hydrogen) atoms. The SMILES string of the molecule is Cc1cc(C)cc(C(CN)N2CCCc3ccccc32)c1. The van der Waals surface area contributed by atoms with Crippen molar-refractivity contribution in [1.82, 2.24) is 0 Å². The Balaban J connectivity index is 2.01. The molecule has 2 heteroatoms. The molecule has 2 nitrogen and oxygen atoms in total. The molecule has 2 N–H and O–H groups in total. The lowest BCUT2D eigenvalue weighted by molar-refractivity contribution is 0.587. The van der Waals surface area contributed by atoms with Crippen molar-refractivity contribution >= 4 is 5.69 Å². The van der Waals surface area contributed by atoms with Crippen molar-refractivity contribution in [1.29, 1.82) is 0 Å². The average Bonchev–Trinajstić information content (AvgIpc) is 2.47. The summed E-state index contributed by atoms with van der Waals surface area (Å²) in [6.45, 7) is 6.06. The fraction of sp³-hybridized carbons (Fsp3) is 0.368. The van der Waals surface area contributed by atoms with Gasteiger partial charge in [0.2, 0.25) is 0 Å². The van der Waals surface area contributed by atoms with Gasteiger partial charge in [-0.1, -0.05) is 47.5 Å². The van der Waals surface area contributed by atoms with Gasteiger partial charge in [0.05, 0.1) is 6.04 Å². The summed E-state index contributed by atoms with van der Waals surface area (Å²) < 4.78 is 0. The number of aryl methyl sites for hydroxylation is 3. The van der Waals surface area contributed by atoms with Gasteiger partial charge in [0, 0.05) is 18.8 Å². The molecule has 1 heterocycles. The molecule has 0 radical (unpaired) electrons. The maximum absolute atomic E-state index is 6.15. The quantitative estimate of drug-likeness (QED) is 0.927. The summed E-state index contributed by atoms with van der Waals surface area (Å²) in [4.78, 5) is 2.49. The topological polar surface area (TPSA) is 29.3 Å². The monoisotopic (exact) mass is 280 g/mol. The van der Waals surface area contributed by atoms with Crippen molar-refractivity contribution in [3.63, 3.8) is 0 Å². The number of hydrogen-bond donors (Lipinski definition) is 1. The lowest BCUT2D eigenvalue weighted by atomic mass is 9.95. The van der Waals surface area contributed by atoms with Crippen LogP contribution in [0.2, 0.25) is 0 Å². The number of rotatable bonds is 3. The van der Waals surface area contributed by atoms with Gasteiger partial charge in [0.1, 0.15) is 0 Å². The van der Waals surface area contributed by atoms with E-state index < -0.39 is 0 Å². The lowest BCUT2D eigenvalue weighted by Gasteiger charge is -2.38. The van der Waals surface area contributed by atoms with E-state index in [1.165, 1.54) is 40.8 Å². The van der Waals surface area contributed by atoms with Crippen LogP contribution in [0.1, 0.15) is 34.7 Å². The predicted octanol–water partition coefficient (Wildman–Crippen LogP) is 3.76. The van der Waals surface area contributed by atoms with Crippen LogP contribution in [0.5, 0.6) is 0 Å². The first-order chi connectivity index (χ1) is 10.2. The molecule has 0 amide bonds. The van der Waals surface area contributed by atoms with Gasteiger partial charge in [-0.25, -0.2) is 0 Å². The summed E-state index contributed by atoms with van der Waals surface area (Å²) >= 11 is 0. The van der Waals surface area contributed by atoms with Gasteiger partial charge in [0.25, 0.3) is 0 Å². The molecule has 1 aliphatic heterocycles. The van der Waals surface area contributed by atoms with Crippen molar-refractivity contribution in [3.8, 4) is 0 Å². The van der Waals surface area contributed by atoms with E-state index in [4.69, 9.17) is 5.73 Å². The van der Waals surface area contributed by atoms with Gasteiger partial charge < -0.3 is 10.6 Å². The van der Waals surface area contributed by atoms with Crippen LogP contribution in [0.4, 0.5) is 5.69 Å². The highest BCUT2D eigenvalue weighted by molar-refractivity contribution is 5.57. The van der Waals surface area contributed by atoms with E-state index in [2.05, 4.69) is 61.2 Å². The molecule has 0 saturated heterocycles. The average molecular weight is 280 g/mol. The Kier molecular flexibility index (Phi) is 3.98. The van der Waals surface area contributed by atoms with Crippen LogP contribution in [0.25, 0.3) is 0 Å². The minimum atomic E-state index is 0.269. The third-order valence-corrected chi connectivity index (χ3v) is 4.37. The van der Waals surface area contributed by atoms with Crippen molar-refractivity contribution in [2.24, 2.45) is 5.73 Å². The third-order valence-electron chi connectivity index (χ3n) is 4.37. The molecule has 3 rings (SSSR count). The Labute approximate surface area is 127 Å². The number of para-hydroxylation sites is 1. The Morgan fingerprint density at radius 1 is 1.10 bits per heavy atom. The zero-order valence-corrected chi connectivity index (χ0v) is 13.0. The summed E-state index contributed by atoms with van der Waals surface area (Å²) in [6.07, 6.45) is 2.38. The minimum absolute atomic E-state index is 0.269. The molecule has 2 aromatic carbocycles. The summed E-state index contributed by atoms with van der Waals surface area (Å²) in [5.74, 6) is 0. The highest BCUT2D eigenvalue weighted by Crippen LogP contribution is 2.34. The highest BCUT2D eigenvalue weighted by Gasteiger charge is 2.24. The van der Waals surface area contributed by atoms with Crippen LogP contribution in [0, 0.1) is 13.8 Å². The molecule has 110 valence electrons. The van der Waals surface area contributed by atoms with E-state index in [-0.39, 0.29) is 6.04 Å². The molecule has 1 aliphatic rings. The Hall–Kier alpha value is -1.80. The van der Waals surface area contributed by atoms with Gasteiger partial charge in [-0.3, -0.25) is 0 Å². The molecule has 0 fully saturated rings. The van der Waals surface area contributed by atoms with E-state index in [0.29, 0.717) is 6.54 Å². The van der Waals surface area contributed by atoms with E-state index in [0.717, 1.165) is 6.54 Å². The normalized spacial score (nSPS) is 15.7. The van der Waals surface area contributed by atoms with Gasteiger partial charge >= 0.3 is 0 Å². The summed E-state index contributed by atoms with van der Waals surface area (Å²) in [7, 11) is 0. The van der Waals surface area contributed by atoms with E-state index >= 15 is 0 Å². The molecule has 0 aliphatic carbocycles. The second kappa shape index (κ2) is 5.90. The predicted molar refractivity (Wildman–Crippen MR) is 89.8 cm³/mol. The molecule has 0 spiro atoms. The van der Waals surface area contributed by atoms with Crippen LogP contribution < -0.4 is 10.6 Å². The van der Waals surface area contributed by atoms with Crippen LogP contribution >= 0.6 is 0 Å². The van der Waals surface area contributed by atoms with E-state index in [9.17, 15) is 0 Å². The first-order valence-electron chi connectivity index (χ1n) is 7.82. The second-order valence-corrected chi connectivity index (χ2v) is 6.10. The number of nitrogens with two attached hydrogens (primary N) is 1. The smallest absolute Gasteiger partial charge is 0.0665 e. The molecular formula is C19H24N2. The Bertz CT molecular complexity index is 613. The molecule has 1 unspecified atom stereocenters. The summed E-state index contributed by atoms with van der Waals surface area (Å²) in [5.41, 5.74) is 12.9. The third kappa shape index (κ3) is 2.81. The van der Waals surface area contributed by atoms with Crippen LogP contribution in [-0.2, 0) is 6.42 Å². The van der Waals surface area contributed by atoms with Crippen LogP contribution in [0.15, 0.2) is 42.5 Å². The molecular weight excluding hydrogens is 256 g/mol. The van der Waals surface area contributed by atoms with Crippen molar-refractivity contribution in [3.05, 3.63) is 64.7 Å². The highest BCUT2D eigenvalue weighted by atomic mass is 15.2. The largest absolute Gasteiger partial charge is 0.363 e. The minimum Gasteiger partial charge on any atom is -0.363 e. The first-order valence-corrected chi connectivity index (χ1v) is 7.82. The van der Waals surface area contributed by atoms with Gasteiger partial charge in [-0.2, -0.15) is 0 Å². The fourth-order valence-electron chi connectivity index (χ4n) is 3.53. The van der Waals surface area contributed by atoms with Gasteiger partial charge in [-0.15, -0.1) is 0 Å². The van der Waals surface area contributed by atoms with E-state index in [1.807, 2.05) is 0 Å². The second-order valence-electron chi connectivity index (χ2n) is 6.10. The van der Waals surface area contributed by atoms with E-state index in [1.54, 1.807) is 0 Å². The molecule has 0 saturated carbocycles. The number of nitrogens with zero attached hydrogens (tertiary/aromatic N) is 1. The number of benzene rings is 2. The number of hydrogen-bond acceptors (Lipinski definition) is 2. The fourth-order valence-corrected chi connectivity index (χ4v) is 3.53. The maximum atomic E-state index is 6.15. The molecule has 0 aromatic heterocycles. The summed E-state index contributed by atoms with van der Waals surface area (Å²) in [5, 5.41) is 0. The first kappa shape index (κ1) is 14.2. The van der Waals surface area contributed by atoms with Gasteiger partial charge in [-0.05, 0) is 43.9 Å².